The molecule has 0 bridgehead atoms. The number of benzene rings is 2. The van der Waals surface area contributed by atoms with Crippen LogP contribution in [0.2, 0.25) is 5.02 Å². The van der Waals surface area contributed by atoms with E-state index in [1.807, 2.05) is 24.3 Å². The molecule has 0 aliphatic carbocycles. The maximum absolute atomic E-state index is 12.7. The summed E-state index contributed by atoms with van der Waals surface area (Å²) in [6, 6.07) is 10.2. The van der Waals surface area contributed by atoms with Crippen LogP contribution in [-0.4, -0.2) is 32.7 Å². The van der Waals surface area contributed by atoms with E-state index in [-0.39, 0.29) is 34.6 Å². The fourth-order valence-corrected chi connectivity index (χ4v) is 3.19. The number of para-hydroxylation sites is 2. The van der Waals surface area contributed by atoms with Crippen molar-refractivity contribution in [1.82, 2.24) is 20.6 Å². The minimum atomic E-state index is -0.826. The molecular weight excluding hydrogens is 410 g/mol. The Morgan fingerprint density at radius 2 is 1.97 bits per heavy atom. The topological polar surface area (TPSA) is 130 Å². The Morgan fingerprint density at radius 3 is 2.60 bits per heavy atom. The zero-order chi connectivity index (χ0) is 21.8. The van der Waals surface area contributed by atoms with Gasteiger partial charge in [0.1, 0.15) is 11.9 Å². The van der Waals surface area contributed by atoms with Gasteiger partial charge in [-0.3, -0.25) is 19.7 Å². The number of hydrogen-bond donors (Lipinski definition) is 3. The molecule has 3 rings (SSSR count). The van der Waals surface area contributed by atoms with Crippen molar-refractivity contribution >= 4 is 40.1 Å². The van der Waals surface area contributed by atoms with Crippen LogP contribution >= 0.6 is 11.6 Å². The van der Waals surface area contributed by atoms with Gasteiger partial charge in [-0.1, -0.05) is 37.6 Å². The zero-order valence-corrected chi connectivity index (χ0v) is 17.1. The lowest BCUT2D eigenvalue weighted by Crippen LogP contribution is -2.49. The molecule has 0 aliphatic heterocycles. The molecule has 1 unspecified atom stereocenters. The van der Waals surface area contributed by atoms with Crippen LogP contribution in [0.15, 0.2) is 42.5 Å². The number of nitrogens with zero attached hydrogens (tertiary/aromatic N) is 2. The summed E-state index contributed by atoms with van der Waals surface area (Å²) in [6.07, 6.45) is 0. The van der Waals surface area contributed by atoms with E-state index >= 15 is 0 Å². The van der Waals surface area contributed by atoms with Gasteiger partial charge in [0.05, 0.1) is 33.1 Å². The standard InChI is InChI=1S/C20H20ClN5O4/c1-11(2)18(25-19(27)13-8-7-12(26(29)30)9-14(13)21)20(28)22-10-17-23-15-5-3-4-6-16(15)24-17/h3-9,11,18H,10H2,1-2H3,(H,22,28)(H,23,24)(H,25,27). The van der Waals surface area contributed by atoms with E-state index in [1.165, 1.54) is 12.1 Å². The number of carbonyl (C=O) groups is 2. The van der Waals surface area contributed by atoms with Crippen molar-refractivity contribution in [2.75, 3.05) is 0 Å². The number of non-ortho nitro benzene ring substituents is 1. The predicted octanol–water partition coefficient (Wildman–Crippen LogP) is 3.20. The Labute approximate surface area is 177 Å². The van der Waals surface area contributed by atoms with Gasteiger partial charge in [0.25, 0.3) is 11.6 Å². The highest BCUT2D eigenvalue weighted by Crippen LogP contribution is 2.22. The Morgan fingerprint density at radius 1 is 1.23 bits per heavy atom. The Bertz CT molecular complexity index is 1080. The van der Waals surface area contributed by atoms with E-state index in [0.717, 1.165) is 17.1 Å². The number of carbonyl (C=O) groups excluding carboxylic acids is 2. The first-order valence-electron chi connectivity index (χ1n) is 9.22. The van der Waals surface area contributed by atoms with Crippen molar-refractivity contribution in [1.29, 1.82) is 0 Å². The van der Waals surface area contributed by atoms with Gasteiger partial charge in [-0.05, 0) is 24.1 Å². The molecule has 0 radical (unpaired) electrons. The number of nitro groups is 1. The van der Waals surface area contributed by atoms with Crippen LogP contribution in [0.5, 0.6) is 0 Å². The number of fused-ring (bicyclic) bond motifs is 1. The van der Waals surface area contributed by atoms with Crippen LogP contribution in [0, 0.1) is 16.0 Å². The van der Waals surface area contributed by atoms with E-state index < -0.39 is 16.9 Å². The highest BCUT2D eigenvalue weighted by Gasteiger charge is 2.26. The fraction of sp³-hybridized carbons (Fsp3) is 0.250. The van der Waals surface area contributed by atoms with Gasteiger partial charge >= 0.3 is 0 Å². The van der Waals surface area contributed by atoms with Crippen molar-refractivity contribution in [3.8, 4) is 0 Å². The minimum Gasteiger partial charge on any atom is -0.347 e. The third-order valence-electron chi connectivity index (χ3n) is 4.51. The molecule has 156 valence electrons. The van der Waals surface area contributed by atoms with Crippen LogP contribution in [-0.2, 0) is 11.3 Å². The summed E-state index contributed by atoms with van der Waals surface area (Å²) in [4.78, 5) is 43.0. The molecule has 2 aromatic carbocycles. The van der Waals surface area contributed by atoms with Gasteiger partial charge in [0.2, 0.25) is 5.91 Å². The van der Waals surface area contributed by atoms with E-state index in [9.17, 15) is 19.7 Å². The number of amides is 2. The summed E-state index contributed by atoms with van der Waals surface area (Å²) in [5.74, 6) is -0.581. The molecule has 0 saturated carbocycles. The van der Waals surface area contributed by atoms with E-state index in [4.69, 9.17) is 11.6 Å². The number of hydrogen-bond acceptors (Lipinski definition) is 5. The average molecular weight is 430 g/mol. The summed E-state index contributed by atoms with van der Waals surface area (Å²) in [5, 5.41) is 16.2. The average Bonchev–Trinajstić information content (AvgIpc) is 3.12. The number of rotatable bonds is 7. The summed E-state index contributed by atoms with van der Waals surface area (Å²) >= 11 is 6.01. The summed E-state index contributed by atoms with van der Waals surface area (Å²) in [6.45, 7) is 3.76. The molecule has 3 aromatic rings. The van der Waals surface area contributed by atoms with E-state index in [1.54, 1.807) is 13.8 Å². The molecule has 10 heteroatoms. The van der Waals surface area contributed by atoms with Crippen molar-refractivity contribution in [3.63, 3.8) is 0 Å². The number of halogens is 1. The van der Waals surface area contributed by atoms with Crippen LogP contribution in [0.25, 0.3) is 11.0 Å². The van der Waals surface area contributed by atoms with Gasteiger partial charge in [0, 0.05) is 12.1 Å². The van der Waals surface area contributed by atoms with Crippen molar-refractivity contribution in [2.45, 2.75) is 26.4 Å². The number of nitro benzene ring substituents is 1. The lowest BCUT2D eigenvalue weighted by Gasteiger charge is -2.21. The number of nitrogens with one attached hydrogen (secondary N) is 3. The fourth-order valence-electron chi connectivity index (χ4n) is 2.93. The highest BCUT2D eigenvalue weighted by atomic mass is 35.5. The molecule has 0 fully saturated rings. The largest absolute Gasteiger partial charge is 0.347 e. The summed E-state index contributed by atoms with van der Waals surface area (Å²) in [5.41, 5.74) is 1.49. The predicted molar refractivity (Wildman–Crippen MR) is 112 cm³/mol. The summed E-state index contributed by atoms with van der Waals surface area (Å²) < 4.78 is 0. The van der Waals surface area contributed by atoms with Crippen LogP contribution in [0.4, 0.5) is 5.69 Å². The molecule has 9 nitrogen and oxygen atoms in total. The maximum Gasteiger partial charge on any atom is 0.270 e. The molecular formula is C20H20ClN5O4. The molecule has 0 aliphatic rings. The first-order chi connectivity index (χ1) is 14.3. The summed E-state index contributed by atoms with van der Waals surface area (Å²) in [7, 11) is 0. The monoisotopic (exact) mass is 429 g/mol. The number of H-pyrrole nitrogens is 1. The van der Waals surface area contributed by atoms with Gasteiger partial charge < -0.3 is 15.6 Å². The van der Waals surface area contributed by atoms with Gasteiger partial charge in [-0.2, -0.15) is 0 Å². The van der Waals surface area contributed by atoms with Crippen LogP contribution < -0.4 is 10.6 Å². The van der Waals surface area contributed by atoms with Gasteiger partial charge in [-0.25, -0.2) is 4.98 Å². The van der Waals surface area contributed by atoms with Crippen molar-refractivity contribution in [2.24, 2.45) is 5.92 Å². The number of aromatic nitrogens is 2. The van der Waals surface area contributed by atoms with Crippen LogP contribution in [0.1, 0.15) is 30.0 Å². The Balaban J connectivity index is 1.68. The van der Waals surface area contributed by atoms with Crippen molar-refractivity contribution < 1.29 is 14.5 Å². The number of aromatic amines is 1. The quantitative estimate of drug-likeness (QED) is 0.392. The normalized spacial score (nSPS) is 12.0. The van der Waals surface area contributed by atoms with E-state index in [2.05, 4.69) is 20.6 Å². The van der Waals surface area contributed by atoms with Crippen molar-refractivity contribution in [3.05, 3.63) is 69.0 Å². The highest BCUT2D eigenvalue weighted by molar-refractivity contribution is 6.34. The lowest BCUT2D eigenvalue weighted by atomic mass is 10.0. The molecule has 1 heterocycles. The molecule has 0 spiro atoms. The molecule has 1 atom stereocenters. The first-order valence-corrected chi connectivity index (χ1v) is 9.60. The first kappa shape index (κ1) is 21.3. The Hall–Kier alpha value is -3.46. The maximum atomic E-state index is 12.7. The van der Waals surface area contributed by atoms with E-state index in [0.29, 0.717) is 5.82 Å². The molecule has 0 saturated heterocycles. The lowest BCUT2D eigenvalue weighted by molar-refractivity contribution is -0.384. The second kappa shape index (κ2) is 8.91. The zero-order valence-electron chi connectivity index (χ0n) is 16.3. The smallest absolute Gasteiger partial charge is 0.270 e. The Kier molecular flexibility index (Phi) is 6.31. The van der Waals surface area contributed by atoms with Crippen LogP contribution in [0.3, 0.4) is 0 Å². The third kappa shape index (κ3) is 4.74. The second-order valence-corrected chi connectivity index (χ2v) is 7.44. The van der Waals surface area contributed by atoms with Gasteiger partial charge in [0.15, 0.2) is 0 Å². The minimum absolute atomic E-state index is 0.0537. The molecule has 2 amide bonds. The molecule has 30 heavy (non-hydrogen) atoms. The van der Waals surface area contributed by atoms with Gasteiger partial charge in [-0.15, -0.1) is 0 Å². The second-order valence-electron chi connectivity index (χ2n) is 7.03. The molecule has 3 N–H and O–H groups in total. The molecule has 1 aromatic heterocycles. The number of imidazole rings is 1. The SMILES string of the molecule is CC(C)C(NC(=O)c1ccc([N+](=O)[O-])cc1Cl)C(=O)NCc1nc2ccccc2[nH]1. The third-order valence-corrected chi connectivity index (χ3v) is 4.83.